The number of hydrogen-bond acceptors (Lipinski definition) is 10. The highest BCUT2D eigenvalue weighted by atomic mass is 16.9. The maximum Gasteiger partial charge on any atom is 0.330 e. The minimum absolute atomic E-state index is 0.247. The fourth-order valence-electron chi connectivity index (χ4n) is 10.8. The van der Waals surface area contributed by atoms with E-state index in [1.807, 2.05) is 31.2 Å². The topological polar surface area (TPSA) is 144 Å². The SMILES string of the molecule is C=C(C)C12OC3(c4ccccc4)OC1C1C4OC4(CO)C(O)C4(O)C(=O)C(C)=CC4C1(O3)C(C)C2OC(=O)C=CCCCCCCCCCCCCCC. The quantitative estimate of drug-likeness (QED) is 0.0500. The van der Waals surface area contributed by atoms with Gasteiger partial charge in [0.25, 0.3) is 0 Å². The Bertz CT molecular complexity index is 1640. The Hall–Kier alpha value is -2.70. The van der Waals surface area contributed by atoms with Gasteiger partial charge >= 0.3 is 11.9 Å². The smallest absolute Gasteiger partial charge is 0.330 e. The van der Waals surface area contributed by atoms with Crippen LogP contribution in [0.3, 0.4) is 0 Å². The van der Waals surface area contributed by atoms with Crippen LogP contribution in [0.15, 0.2) is 66.3 Å². The second-order valence-electron chi connectivity index (χ2n) is 16.9. The zero-order chi connectivity index (χ0) is 38.5. The minimum Gasteiger partial charge on any atom is -0.455 e. The summed E-state index contributed by atoms with van der Waals surface area (Å²) in [5.41, 5.74) is -5.77. The van der Waals surface area contributed by atoms with Gasteiger partial charge in [-0.3, -0.25) is 4.79 Å². The Labute approximate surface area is 319 Å². The zero-order valence-electron chi connectivity index (χ0n) is 32.5. The molecule has 3 aliphatic carbocycles. The van der Waals surface area contributed by atoms with Crippen LogP contribution in [0.25, 0.3) is 0 Å². The van der Waals surface area contributed by atoms with Gasteiger partial charge in [0.1, 0.15) is 30.0 Å². The molecule has 0 radical (unpaired) electrons. The van der Waals surface area contributed by atoms with Gasteiger partial charge in [-0.15, -0.1) is 0 Å². The molecule has 10 heteroatoms. The van der Waals surface area contributed by atoms with E-state index in [-0.39, 0.29) is 5.57 Å². The number of epoxide rings is 1. The molecule has 3 N–H and O–H groups in total. The van der Waals surface area contributed by atoms with Gasteiger partial charge in [-0.1, -0.05) is 134 Å². The van der Waals surface area contributed by atoms with Gasteiger partial charge in [0.05, 0.1) is 12.2 Å². The molecule has 1 aromatic rings. The minimum atomic E-state index is -2.41. The van der Waals surface area contributed by atoms with Gasteiger partial charge < -0.3 is 39.0 Å². The second-order valence-corrected chi connectivity index (χ2v) is 16.9. The maximum absolute atomic E-state index is 13.9. The fourth-order valence-corrected chi connectivity index (χ4v) is 10.8. The number of rotatable bonds is 18. The molecule has 0 spiro atoms. The number of carbonyl (C=O) groups is 2. The van der Waals surface area contributed by atoms with E-state index in [1.165, 1.54) is 70.3 Å². The molecule has 5 fully saturated rings. The first-order chi connectivity index (χ1) is 25.9. The fraction of sp³-hybridized carbons (Fsp3) is 0.682. The van der Waals surface area contributed by atoms with E-state index in [4.69, 9.17) is 23.7 Å². The van der Waals surface area contributed by atoms with E-state index in [9.17, 15) is 24.9 Å². The molecule has 2 saturated carbocycles. The highest BCUT2D eigenvalue weighted by molar-refractivity contribution is 6.05. The zero-order valence-corrected chi connectivity index (χ0v) is 32.5. The molecule has 1 aromatic carbocycles. The third-order valence-electron chi connectivity index (χ3n) is 13.6. The summed E-state index contributed by atoms with van der Waals surface area (Å²) in [7, 11) is 0. The first-order valence-corrected chi connectivity index (χ1v) is 20.5. The van der Waals surface area contributed by atoms with Crippen molar-refractivity contribution >= 4 is 11.8 Å². The Morgan fingerprint density at radius 2 is 1.57 bits per heavy atom. The third-order valence-corrected chi connectivity index (χ3v) is 13.6. The average molecular weight is 749 g/mol. The van der Waals surface area contributed by atoms with Crippen molar-refractivity contribution in [3.63, 3.8) is 0 Å². The van der Waals surface area contributed by atoms with Crippen LogP contribution in [0.2, 0.25) is 0 Å². The number of esters is 1. The van der Waals surface area contributed by atoms with Gasteiger partial charge in [-0.05, 0) is 37.8 Å². The van der Waals surface area contributed by atoms with Crippen molar-refractivity contribution < 1.29 is 48.6 Å². The number of ketones is 1. The average Bonchev–Trinajstić information content (AvgIpc) is 3.79. The van der Waals surface area contributed by atoms with Crippen molar-refractivity contribution in [3.8, 4) is 0 Å². The molecule has 3 saturated heterocycles. The van der Waals surface area contributed by atoms with Crippen molar-refractivity contribution in [3.05, 3.63) is 71.8 Å². The molecule has 54 heavy (non-hydrogen) atoms. The van der Waals surface area contributed by atoms with Crippen molar-refractivity contribution in [2.75, 3.05) is 6.61 Å². The lowest BCUT2D eigenvalue weighted by atomic mass is 9.53. The molecule has 3 heterocycles. The Balaban J connectivity index is 1.13. The molecule has 296 valence electrons. The van der Waals surface area contributed by atoms with Crippen LogP contribution in [0, 0.1) is 17.8 Å². The molecule has 6 aliphatic rings. The largest absolute Gasteiger partial charge is 0.455 e. The van der Waals surface area contributed by atoms with Crippen molar-refractivity contribution in [1.82, 2.24) is 0 Å². The van der Waals surface area contributed by atoms with Crippen LogP contribution in [-0.2, 0) is 39.2 Å². The summed E-state index contributed by atoms with van der Waals surface area (Å²) < 4.78 is 33.7. The van der Waals surface area contributed by atoms with Crippen LogP contribution >= 0.6 is 0 Å². The molecule has 12 atom stereocenters. The van der Waals surface area contributed by atoms with Gasteiger partial charge in [-0.2, -0.15) is 0 Å². The standard InChI is InChI=1S/C44H60O10/c1-6-7-8-9-10-11-12-13-14-15-16-17-18-22-25-33(46)50-36-30(5)43-32-26-29(4)35(47)41(32,49)39(48)40(27-45)37(51-40)34(43)38-42(36,28(2)3)53-44(52-38,54-43)31-23-20-19-21-24-31/h19-26,30,32,34,36-39,45,48-49H,2,6-18,27H2,1,3-5H3. The van der Waals surface area contributed by atoms with Gasteiger partial charge in [0.15, 0.2) is 17.0 Å². The van der Waals surface area contributed by atoms with Crippen LogP contribution in [0.4, 0.5) is 0 Å². The number of carbonyl (C=O) groups excluding carboxylic acids is 2. The predicted octanol–water partition coefficient (Wildman–Crippen LogP) is 6.50. The molecule has 7 rings (SSSR count). The monoisotopic (exact) mass is 748 g/mol. The van der Waals surface area contributed by atoms with Crippen molar-refractivity contribution in [2.24, 2.45) is 17.8 Å². The number of benzene rings is 1. The van der Waals surface area contributed by atoms with Gasteiger partial charge in [-0.25, -0.2) is 4.79 Å². The molecule has 10 nitrogen and oxygen atoms in total. The highest BCUT2D eigenvalue weighted by Crippen LogP contribution is 2.74. The number of Topliss-reactive ketones (excluding diaryl/α,β-unsaturated/α-hetero) is 1. The summed E-state index contributed by atoms with van der Waals surface area (Å²) in [4.78, 5) is 27.7. The number of fused-ring (bicyclic) bond motifs is 3. The molecule has 12 unspecified atom stereocenters. The van der Waals surface area contributed by atoms with E-state index >= 15 is 0 Å². The lowest BCUT2D eigenvalue weighted by molar-refractivity contribution is -0.440. The number of allylic oxidation sites excluding steroid dienone is 1. The summed E-state index contributed by atoms with van der Waals surface area (Å²) >= 11 is 0. The van der Waals surface area contributed by atoms with E-state index < -0.39 is 88.9 Å². The number of ether oxygens (including phenoxy) is 5. The molecular weight excluding hydrogens is 688 g/mol. The van der Waals surface area contributed by atoms with E-state index in [1.54, 1.807) is 32.1 Å². The Morgan fingerprint density at radius 1 is 0.944 bits per heavy atom. The summed E-state index contributed by atoms with van der Waals surface area (Å²) in [6, 6.07) is 9.11. The molecule has 0 aromatic heterocycles. The number of aliphatic hydroxyl groups is 3. The van der Waals surface area contributed by atoms with Gasteiger partial charge in [0.2, 0.25) is 0 Å². The number of hydrogen-bond donors (Lipinski definition) is 3. The number of aliphatic hydroxyl groups excluding tert-OH is 2. The van der Waals surface area contributed by atoms with Crippen LogP contribution < -0.4 is 0 Å². The summed E-state index contributed by atoms with van der Waals surface area (Å²) in [5, 5.41) is 35.1. The van der Waals surface area contributed by atoms with Crippen LogP contribution in [-0.4, -0.2) is 80.5 Å². The van der Waals surface area contributed by atoms with Crippen LogP contribution in [0.5, 0.6) is 0 Å². The Kier molecular flexibility index (Phi) is 11.0. The van der Waals surface area contributed by atoms with Crippen LogP contribution in [0.1, 0.15) is 117 Å². The third kappa shape index (κ3) is 5.84. The van der Waals surface area contributed by atoms with Crippen molar-refractivity contribution in [1.29, 1.82) is 0 Å². The van der Waals surface area contributed by atoms with E-state index in [0.717, 1.165) is 19.3 Å². The first kappa shape index (κ1) is 39.5. The normalized spacial score (nSPS) is 41.3. The molecule has 0 amide bonds. The molecule has 3 aliphatic heterocycles. The maximum atomic E-state index is 13.9. The second kappa shape index (κ2) is 15.0. The summed E-state index contributed by atoms with van der Waals surface area (Å²) in [6.45, 7) is 11.2. The lowest BCUT2D eigenvalue weighted by Crippen LogP contribution is -2.76. The van der Waals surface area contributed by atoms with E-state index in [2.05, 4.69) is 13.5 Å². The summed E-state index contributed by atoms with van der Waals surface area (Å²) in [6.07, 6.45) is 16.2. The van der Waals surface area contributed by atoms with Gasteiger partial charge in [0, 0.05) is 29.4 Å². The number of unbranched alkanes of at least 4 members (excludes halogenated alkanes) is 12. The lowest BCUT2D eigenvalue weighted by Gasteiger charge is -2.61. The Morgan fingerprint density at radius 3 is 2.19 bits per heavy atom. The molecular formula is C44H60O10. The highest BCUT2D eigenvalue weighted by Gasteiger charge is 2.90. The van der Waals surface area contributed by atoms with Crippen molar-refractivity contribution in [2.45, 2.75) is 164 Å². The molecule has 3 bridgehead atoms. The first-order valence-electron chi connectivity index (χ1n) is 20.5. The van der Waals surface area contributed by atoms with E-state index in [0.29, 0.717) is 11.1 Å². The predicted molar refractivity (Wildman–Crippen MR) is 201 cm³/mol. The summed E-state index contributed by atoms with van der Waals surface area (Å²) in [5.74, 6) is -5.75.